The van der Waals surface area contributed by atoms with E-state index in [0.717, 1.165) is 27.6 Å². The highest BCUT2D eigenvalue weighted by molar-refractivity contribution is 6.10. The number of nitriles is 1. The first-order valence-electron chi connectivity index (χ1n) is 10.7. The van der Waals surface area contributed by atoms with Crippen LogP contribution < -0.4 is 10.1 Å². The molecule has 4 aromatic carbocycles. The van der Waals surface area contributed by atoms with Crippen LogP contribution in [0.1, 0.15) is 22.3 Å². The van der Waals surface area contributed by atoms with Gasteiger partial charge in [0, 0.05) is 5.69 Å². The van der Waals surface area contributed by atoms with Gasteiger partial charge in [-0.15, -0.1) is 0 Å². The molecule has 1 N–H and O–H groups in total. The fourth-order valence-corrected chi connectivity index (χ4v) is 3.65. The van der Waals surface area contributed by atoms with Gasteiger partial charge in [0.1, 0.15) is 24.0 Å². The number of carbonyl (C=O) groups excluding carboxylic acids is 1. The average Bonchev–Trinajstić information content (AvgIpc) is 2.83. The molecule has 0 saturated carbocycles. The molecule has 4 nitrogen and oxygen atoms in total. The summed E-state index contributed by atoms with van der Waals surface area (Å²) < 4.78 is 6.03. The summed E-state index contributed by atoms with van der Waals surface area (Å²) in [6.45, 7) is 4.30. The Morgan fingerprint density at radius 2 is 1.76 bits per heavy atom. The number of amides is 1. The van der Waals surface area contributed by atoms with Crippen molar-refractivity contribution in [2.24, 2.45) is 0 Å². The Bertz CT molecular complexity index is 1390. The highest BCUT2D eigenvalue weighted by Crippen LogP contribution is 2.22. The van der Waals surface area contributed by atoms with Crippen molar-refractivity contribution in [3.63, 3.8) is 0 Å². The third kappa shape index (κ3) is 5.28. The molecule has 4 aromatic rings. The van der Waals surface area contributed by atoms with Crippen molar-refractivity contribution in [2.75, 3.05) is 5.32 Å². The van der Waals surface area contributed by atoms with E-state index in [0.29, 0.717) is 18.0 Å². The van der Waals surface area contributed by atoms with E-state index >= 15 is 0 Å². The molecule has 0 aromatic heterocycles. The standard InChI is InChI=1S/C29H24N2O2/c1-20-13-14-21(2)28(15-20)31-29(32)25(18-30)16-22-7-5-11-26(17-22)33-19-24-10-6-9-23-8-3-4-12-27(23)24/h3-17H,19H2,1-2H3,(H,31,32)/b25-16-. The number of fused-ring (bicyclic) bond motifs is 1. The lowest BCUT2D eigenvalue weighted by atomic mass is 10.1. The number of anilines is 1. The molecule has 0 bridgehead atoms. The zero-order valence-electron chi connectivity index (χ0n) is 18.6. The lowest BCUT2D eigenvalue weighted by Crippen LogP contribution is -2.14. The van der Waals surface area contributed by atoms with Gasteiger partial charge in [0.05, 0.1) is 0 Å². The van der Waals surface area contributed by atoms with Gasteiger partial charge in [-0.3, -0.25) is 4.79 Å². The minimum absolute atomic E-state index is 0.0297. The molecule has 0 heterocycles. The highest BCUT2D eigenvalue weighted by Gasteiger charge is 2.11. The first kappa shape index (κ1) is 21.9. The summed E-state index contributed by atoms with van der Waals surface area (Å²) in [6.07, 6.45) is 1.57. The summed E-state index contributed by atoms with van der Waals surface area (Å²) in [5, 5.41) is 14.7. The molecule has 0 aliphatic carbocycles. The predicted molar refractivity (Wildman–Crippen MR) is 133 cm³/mol. The maximum Gasteiger partial charge on any atom is 0.266 e. The van der Waals surface area contributed by atoms with Crippen LogP contribution in [0.2, 0.25) is 0 Å². The van der Waals surface area contributed by atoms with Crippen LogP contribution in [-0.2, 0) is 11.4 Å². The topological polar surface area (TPSA) is 62.1 Å². The number of hydrogen-bond acceptors (Lipinski definition) is 3. The van der Waals surface area contributed by atoms with Crippen LogP contribution in [0.5, 0.6) is 5.75 Å². The number of ether oxygens (including phenoxy) is 1. The predicted octanol–water partition coefficient (Wildman–Crippen LogP) is 6.58. The van der Waals surface area contributed by atoms with Gasteiger partial charge in [-0.25, -0.2) is 0 Å². The summed E-state index contributed by atoms with van der Waals surface area (Å²) in [7, 11) is 0. The number of nitrogens with one attached hydrogen (secondary N) is 1. The SMILES string of the molecule is Cc1ccc(C)c(NC(=O)/C(C#N)=C\c2cccc(OCc3cccc4ccccc34)c2)c1. The van der Waals surface area contributed by atoms with Crippen molar-refractivity contribution in [1.29, 1.82) is 5.26 Å². The number of rotatable bonds is 6. The minimum Gasteiger partial charge on any atom is -0.489 e. The number of hydrogen-bond donors (Lipinski definition) is 1. The Morgan fingerprint density at radius 1 is 0.970 bits per heavy atom. The van der Waals surface area contributed by atoms with E-state index in [1.807, 2.05) is 80.6 Å². The molecule has 33 heavy (non-hydrogen) atoms. The summed E-state index contributed by atoms with van der Waals surface area (Å²) in [4.78, 5) is 12.7. The molecule has 0 aliphatic rings. The highest BCUT2D eigenvalue weighted by atomic mass is 16.5. The maximum atomic E-state index is 12.7. The van der Waals surface area contributed by atoms with E-state index in [4.69, 9.17) is 4.74 Å². The van der Waals surface area contributed by atoms with Gasteiger partial charge >= 0.3 is 0 Å². The van der Waals surface area contributed by atoms with E-state index in [1.54, 1.807) is 6.08 Å². The van der Waals surface area contributed by atoms with Crippen molar-refractivity contribution in [3.8, 4) is 11.8 Å². The van der Waals surface area contributed by atoms with Gasteiger partial charge in [0.2, 0.25) is 0 Å². The fourth-order valence-electron chi connectivity index (χ4n) is 3.65. The summed E-state index contributed by atoms with van der Waals surface area (Å²) >= 11 is 0. The van der Waals surface area contributed by atoms with Gasteiger partial charge in [-0.05, 0) is 71.1 Å². The molecule has 0 atom stereocenters. The molecule has 0 spiro atoms. The van der Waals surface area contributed by atoms with Gasteiger partial charge in [-0.2, -0.15) is 5.26 Å². The van der Waals surface area contributed by atoms with Crippen molar-refractivity contribution in [2.45, 2.75) is 20.5 Å². The number of aryl methyl sites for hydroxylation is 2. The second-order valence-corrected chi connectivity index (χ2v) is 7.94. The Hall–Kier alpha value is -4.36. The zero-order valence-corrected chi connectivity index (χ0v) is 18.6. The van der Waals surface area contributed by atoms with E-state index in [2.05, 4.69) is 29.6 Å². The second-order valence-electron chi connectivity index (χ2n) is 7.94. The number of carbonyl (C=O) groups is 1. The maximum absolute atomic E-state index is 12.7. The van der Waals surface area contributed by atoms with Gasteiger partial charge in [-0.1, -0.05) is 66.7 Å². The van der Waals surface area contributed by atoms with Crippen LogP contribution in [0.25, 0.3) is 16.8 Å². The van der Waals surface area contributed by atoms with E-state index in [-0.39, 0.29) is 5.57 Å². The van der Waals surface area contributed by atoms with Crippen LogP contribution in [0.3, 0.4) is 0 Å². The average molecular weight is 433 g/mol. The van der Waals surface area contributed by atoms with Gasteiger partial charge in [0.25, 0.3) is 5.91 Å². The van der Waals surface area contributed by atoms with Crippen molar-refractivity contribution >= 4 is 28.4 Å². The van der Waals surface area contributed by atoms with Crippen LogP contribution in [0, 0.1) is 25.2 Å². The zero-order chi connectivity index (χ0) is 23.2. The third-order valence-corrected chi connectivity index (χ3v) is 5.45. The molecule has 0 radical (unpaired) electrons. The van der Waals surface area contributed by atoms with Gasteiger partial charge in [0.15, 0.2) is 0 Å². The summed E-state index contributed by atoms with van der Waals surface area (Å²) in [5.41, 5.74) is 4.53. The molecule has 0 fully saturated rings. The lowest BCUT2D eigenvalue weighted by molar-refractivity contribution is -0.112. The molecule has 0 aliphatic heterocycles. The quantitative estimate of drug-likeness (QED) is 0.276. The Kier molecular flexibility index (Phi) is 6.52. The van der Waals surface area contributed by atoms with E-state index < -0.39 is 5.91 Å². The first-order valence-corrected chi connectivity index (χ1v) is 10.7. The molecule has 0 unspecified atom stereocenters. The van der Waals surface area contributed by atoms with Crippen LogP contribution >= 0.6 is 0 Å². The van der Waals surface area contributed by atoms with Crippen molar-refractivity contribution < 1.29 is 9.53 Å². The molecule has 4 rings (SSSR count). The molecule has 4 heteroatoms. The molecule has 0 saturated heterocycles. The van der Waals surface area contributed by atoms with E-state index in [9.17, 15) is 10.1 Å². The van der Waals surface area contributed by atoms with Gasteiger partial charge < -0.3 is 10.1 Å². The Labute approximate surface area is 193 Å². The Morgan fingerprint density at radius 3 is 2.61 bits per heavy atom. The van der Waals surface area contributed by atoms with Crippen molar-refractivity contribution in [3.05, 3.63) is 113 Å². The first-order chi connectivity index (χ1) is 16.0. The largest absolute Gasteiger partial charge is 0.489 e. The fraction of sp³-hybridized carbons (Fsp3) is 0.103. The van der Waals surface area contributed by atoms with Crippen LogP contribution in [0.4, 0.5) is 5.69 Å². The number of benzene rings is 4. The van der Waals surface area contributed by atoms with Crippen molar-refractivity contribution in [1.82, 2.24) is 0 Å². The lowest BCUT2D eigenvalue weighted by Gasteiger charge is -2.10. The third-order valence-electron chi connectivity index (χ3n) is 5.45. The Balaban J connectivity index is 1.50. The van der Waals surface area contributed by atoms with E-state index in [1.165, 1.54) is 5.39 Å². The van der Waals surface area contributed by atoms with Crippen LogP contribution in [0.15, 0.2) is 90.5 Å². The second kappa shape index (κ2) is 9.84. The minimum atomic E-state index is -0.437. The molecule has 1 amide bonds. The monoisotopic (exact) mass is 432 g/mol. The van der Waals surface area contributed by atoms with Crippen LogP contribution in [-0.4, -0.2) is 5.91 Å². The normalized spacial score (nSPS) is 11.1. The summed E-state index contributed by atoms with van der Waals surface area (Å²) in [6, 6.07) is 29.6. The molecular formula is C29H24N2O2. The molecular weight excluding hydrogens is 408 g/mol. The summed E-state index contributed by atoms with van der Waals surface area (Å²) in [5.74, 6) is 0.234. The smallest absolute Gasteiger partial charge is 0.266 e. The molecule has 162 valence electrons. The number of nitrogens with zero attached hydrogens (tertiary/aromatic N) is 1.